The van der Waals surface area contributed by atoms with Gasteiger partial charge in [-0.3, -0.25) is 4.90 Å². The van der Waals surface area contributed by atoms with Gasteiger partial charge in [-0.2, -0.15) is 0 Å². The van der Waals surface area contributed by atoms with Crippen molar-refractivity contribution in [2.75, 3.05) is 32.8 Å². The molecule has 2 N–H and O–H groups in total. The van der Waals surface area contributed by atoms with Crippen molar-refractivity contribution in [3.8, 4) is 11.5 Å². The molecule has 1 heterocycles. The van der Waals surface area contributed by atoms with Crippen LogP contribution in [-0.2, 0) is 9.47 Å². The van der Waals surface area contributed by atoms with E-state index in [1.54, 1.807) is 0 Å². The van der Waals surface area contributed by atoms with Crippen LogP contribution in [0.5, 0.6) is 11.5 Å². The fourth-order valence-corrected chi connectivity index (χ4v) is 2.38. The SMILES string of the molecule is C[C@H](OC(=O)c1ccc(O)cc1O)[C@@H](C)CN1CCOCC1. The topological polar surface area (TPSA) is 79.2 Å². The molecule has 1 aromatic carbocycles. The van der Waals surface area contributed by atoms with Crippen molar-refractivity contribution >= 4 is 5.97 Å². The number of phenolic OH excluding ortho intramolecular Hbond substituents is 2. The number of carbonyl (C=O) groups is 1. The molecule has 1 aromatic rings. The Bertz CT molecular complexity index is 513. The highest BCUT2D eigenvalue weighted by atomic mass is 16.5. The molecule has 0 spiro atoms. The Kier molecular flexibility index (Phi) is 5.63. The Balaban J connectivity index is 1.89. The second-order valence-corrected chi connectivity index (χ2v) is 5.70. The minimum atomic E-state index is -0.584. The summed E-state index contributed by atoms with van der Waals surface area (Å²) in [6.07, 6.45) is -0.274. The summed E-state index contributed by atoms with van der Waals surface area (Å²) in [7, 11) is 0. The van der Waals surface area contributed by atoms with Crippen molar-refractivity contribution in [3.05, 3.63) is 23.8 Å². The van der Waals surface area contributed by atoms with Crippen molar-refractivity contribution in [2.45, 2.75) is 20.0 Å². The van der Waals surface area contributed by atoms with E-state index < -0.39 is 5.97 Å². The summed E-state index contributed by atoms with van der Waals surface area (Å²) in [5.74, 6) is -0.791. The third-order valence-corrected chi connectivity index (χ3v) is 3.95. The Morgan fingerprint density at radius 1 is 1.32 bits per heavy atom. The zero-order valence-corrected chi connectivity index (χ0v) is 13.0. The van der Waals surface area contributed by atoms with Gasteiger partial charge in [-0.15, -0.1) is 0 Å². The lowest BCUT2D eigenvalue weighted by Crippen LogP contribution is -2.41. The quantitative estimate of drug-likeness (QED) is 0.805. The molecule has 0 aromatic heterocycles. The minimum Gasteiger partial charge on any atom is -0.508 e. The van der Waals surface area contributed by atoms with Gasteiger partial charge < -0.3 is 19.7 Å². The molecule has 1 fully saturated rings. The second kappa shape index (κ2) is 7.47. The van der Waals surface area contributed by atoms with Crippen LogP contribution in [0, 0.1) is 5.92 Å². The highest BCUT2D eigenvalue weighted by Gasteiger charge is 2.23. The van der Waals surface area contributed by atoms with Crippen molar-refractivity contribution < 1.29 is 24.5 Å². The molecule has 22 heavy (non-hydrogen) atoms. The predicted molar refractivity (Wildman–Crippen MR) is 81.1 cm³/mol. The summed E-state index contributed by atoms with van der Waals surface area (Å²) in [6.45, 7) is 7.97. The summed E-state index contributed by atoms with van der Waals surface area (Å²) in [6, 6.07) is 3.82. The van der Waals surface area contributed by atoms with Crippen molar-refractivity contribution in [3.63, 3.8) is 0 Å². The molecular weight excluding hydrogens is 286 g/mol. The van der Waals surface area contributed by atoms with Gasteiger partial charge in [0.15, 0.2) is 0 Å². The van der Waals surface area contributed by atoms with Gasteiger partial charge in [0.2, 0.25) is 0 Å². The van der Waals surface area contributed by atoms with E-state index in [1.165, 1.54) is 12.1 Å². The average molecular weight is 309 g/mol. The summed E-state index contributed by atoms with van der Waals surface area (Å²) in [5.41, 5.74) is 0.0585. The molecule has 2 atom stereocenters. The fourth-order valence-electron chi connectivity index (χ4n) is 2.38. The Labute approximate surface area is 130 Å². The number of hydrogen-bond donors (Lipinski definition) is 2. The first-order valence-corrected chi connectivity index (χ1v) is 7.50. The molecule has 0 radical (unpaired) electrons. The zero-order chi connectivity index (χ0) is 16.1. The van der Waals surface area contributed by atoms with Gasteiger partial charge in [0.25, 0.3) is 0 Å². The van der Waals surface area contributed by atoms with Gasteiger partial charge in [0.1, 0.15) is 23.2 Å². The second-order valence-electron chi connectivity index (χ2n) is 5.70. The number of benzene rings is 1. The third kappa shape index (κ3) is 4.35. The maximum atomic E-state index is 12.1. The van der Waals surface area contributed by atoms with Crippen molar-refractivity contribution in [1.29, 1.82) is 0 Å². The van der Waals surface area contributed by atoms with Crippen LogP contribution < -0.4 is 0 Å². The third-order valence-electron chi connectivity index (χ3n) is 3.95. The largest absolute Gasteiger partial charge is 0.508 e. The number of esters is 1. The van der Waals surface area contributed by atoms with Gasteiger partial charge in [0.05, 0.1) is 13.2 Å². The van der Waals surface area contributed by atoms with E-state index in [0.717, 1.165) is 38.9 Å². The Morgan fingerprint density at radius 2 is 2.00 bits per heavy atom. The molecule has 1 aliphatic rings. The number of carbonyl (C=O) groups excluding carboxylic acids is 1. The van der Waals surface area contributed by atoms with E-state index in [4.69, 9.17) is 9.47 Å². The molecule has 6 heteroatoms. The average Bonchev–Trinajstić information content (AvgIpc) is 2.47. The summed E-state index contributed by atoms with van der Waals surface area (Å²) >= 11 is 0. The highest BCUT2D eigenvalue weighted by molar-refractivity contribution is 5.92. The molecule has 0 amide bonds. The highest BCUT2D eigenvalue weighted by Crippen LogP contribution is 2.24. The van der Waals surface area contributed by atoms with Gasteiger partial charge in [0, 0.05) is 31.6 Å². The van der Waals surface area contributed by atoms with Gasteiger partial charge in [-0.25, -0.2) is 4.79 Å². The number of morpholine rings is 1. The van der Waals surface area contributed by atoms with Crippen LogP contribution in [0.15, 0.2) is 18.2 Å². The van der Waals surface area contributed by atoms with E-state index in [2.05, 4.69) is 4.90 Å². The molecule has 1 saturated heterocycles. The van der Waals surface area contributed by atoms with Crippen molar-refractivity contribution in [2.24, 2.45) is 5.92 Å². The van der Waals surface area contributed by atoms with E-state index in [1.807, 2.05) is 13.8 Å². The van der Waals surface area contributed by atoms with Crippen LogP contribution in [0.3, 0.4) is 0 Å². The Hall–Kier alpha value is -1.79. The van der Waals surface area contributed by atoms with Crippen LogP contribution >= 0.6 is 0 Å². The molecule has 1 aliphatic heterocycles. The van der Waals surface area contributed by atoms with Gasteiger partial charge in [-0.05, 0) is 19.1 Å². The standard InChI is InChI=1S/C16H23NO5/c1-11(10-17-5-7-21-8-6-17)12(2)22-16(20)14-4-3-13(18)9-15(14)19/h3-4,9,11-12,18-19H,5-8,10H2,1-2H3/t11-,12-/m0/s1. The van der Waals surface area contributed by atoms with Crippen molar-refractivity contribution in [1.82, 2.24) is 4.90 Å². The molecule has 0 bridgehead atoms. The Morgan fingerprint density at radius 3 is 2.64 bits per heavy atom. The molecule has 0 unspecified atom stereocenters. The van der Waals surface area contributed by atoms with E-state index in [0.29, 0.717) is 0 Å². The van der Waals surface area contributed by atoms with Crippen LogP contribution in [-0.4, -0.2) is 60.0 Å². The first-order valence-electron chi connectivity index (χ1n) is 7.50. The number of nitrogens with zero attached hydrogens (tertiary/aromatic N) is 1. The lowest BCUT2D eigenvalue weighted by Gasteiger charge is -2.31. The fraction of sp³-hybridized carbons (Fsp3) is 0.562. The minimum absolute atomic E-state index is 0.0585. The smallest absolute Gasteiger partial charge is 0.342 e. The molecule has 122 valence electrons. The molecule has 0 aliphatic carbocycles. The first-order chi connectivity index (χ1) is 10.5. The lowest BCUT2D eigenvalue weighted by molar-refractivity contribution is 0.000288. The van der Waals surface area contributed by atoms with Crippen LogP contribution in [0.4, 0.5) is 0 Å². The maximum absolute atomic E-state index is 12.1. The summed E-state index contributed by atoms with van der Waals surface area (Å²) in [4.78, 5) is 14.4. The van der Waals surface area contributed by atoms with Gasteiger partial charge in [-0.1, -0.05) is 6.92 Å². The van der Waals surface area contributed by atoms with Crippen LogP contribution in [0.2, 0.25) is 0 Å². The normalized spacial score (nSPS) is 18.6. The summed E-state index contributed by atoms with van der Waals surface area (Å²) < 4.78 is 10.7. The summed E-state index contributed by atoms with van der Waals surface area (Å²) in [5, 5.41) is 18.9. The molecular formula is C16H23NO5. The molecule has 2 rings (SSSR count). The zero-order valence-electron chi connectivity index (χ0n) is 13.0. The number of phenols is 2. The first kappa shape index (κ1) is 16.6. The number of rotatable bonds is 5. The maximum Gasteiger partial charge on any atom is 0.342 e. The number of hydrogen-bond acceptors (Lipinski definition) is 6. The predicted octanol–water partition coefficient (Wildman–Crippen LogP) is 1.61. The van der Waals surface area contributed by atoms with E-state index in [-0.39, 0.29) is 29.1 Å². The van der Waals surface area contributed by atoms with Crippen LogP contribution in [0.1, 0.15) is 24.2 Å². The molecule has 6 nitrogen and oxygen atoms in total. The monoisotopic (exact) mass is 309 g/mol. The lowest BCUT2D eigenvalue weighted by atomic mass is 10.1. The number of aromatic hydroxyl groups is 2. The molecule has 0 saturated carbocycles. The van der Waals surface area contributed by atoms with E-state index in [9.17, 15) is 15.0 Å². The van der Waals surface area contributed by atoms with Gasteiger partial charge >= 0.3 is 5.97 Å². The number of ether oxygens (including phenoxy) is 2. The van der Waals surface area contributed by atoms with Crippen LogP contribution in [0.25, 0.3) is 0 Å². The van der Waals surface area contributed by atoms with E-state index >= 15 is 0 Å².